The van der Waals surface area contributed by atoms with E-state index >= 15 is 0 Å². The Balaban J connectivity index is 0.923. The number of carbonyl (C=O) groups is 2. The van der Waals surface area contributed by atoms with Gasteiger partial charge in [-0.25, -0.2) is 14.2 Å². The molecule has 52 heavy (non-hydrogen) atoms. The second-order valence-electron chi connectivity index (χ2n) is 15.6. The van der Waals surface area contributed by atoms with Crippen LogP contribution in [0.1, 0.15) is 96.8 Å². The van der Waals surface area contributed by atoms with Crippen LogP contribution in [0.4, 0.5) is 15.0 Å². The highest BCUT2D eigenvalue weighted by Crippen LogP contribution is 2.53. The van der Waals surface area contributed by atoms with E-state index in [0.29, 0.717) is 35.8 Å². The van der Waals surface area contributed by atoms with Gasteiger partial charge in [-0.05, 0) is 91.0 Å². The number of hydrogen-bond acceptors (Lipinski definition) is 8. The summed E-state index contributed by atoms with van der Waals surface area (Å²) in [7, 11) is 0. The van der Waals surface area contributed by atoms with E-state index in [2.05, 4.69) is 20.3 Å². The number of halogens is 3. The van der Waals surface area contributed by atoms with Gasteiger partial charge in [-0.2, -0.15) is 5.10 Å². The molecule has 0 unspecified atom stereocenters. The highest BCUT2D eigenvalue weighted by atomic mass is 35.5. The number of aromatic nitrogens is 3. The normalized spacial score (nSPS) is 19.5. The molecule has 0 radical (unpaired) electrons. The van der Waals surface area contributed by atoms with Gasteiger partial charge in [0.1, 0.15) is 17.5 Å². The quantitative estimate of drug-likeness (QED) is 0.141. The van der Waals surface area contributed by atoms with Crippen LogP contribution in [0.3, 0.4) is 0 Å². The number of nitrogens with two attached hydrogens (primary N) is 1. The monoisotopic (exact) mass is 757 g/mol. The molecular formula is C38H50Cl2FN7O4. The van der Waals surface area contributed by atoms with Crippen molar-refractivity contribution in [1.29, 1.82) is 0 Å². The highest BCUT2D eigenvalue weighted by molar-refractivity contribution is 6.36. The van der Waals surface area contributed by atoms with Crippen molar-refractivity contribution in [3.63, 3.8) is 0 Å². The van der Waals surface area contributed by atoms with E-state index in [1.54, 1.807) is 25.4 Å². The van der Waals surface area contributed by atoms with Crippen LogP contribution in [0.5, 0.6) is 5.75 Å². The van der Waals surface area contributed by atoms with Gasteiger partial charge in [0, 0.05) is 72.1 Å². The first kappa shape index (κ1) is 38.1. The lowest BCUT2D eigenvalue weighted by Gasteiger charge is -2.32. The van der Waals surface area contributed by atoms with Crippen LogP contribution >= 0.6 is 23.2 Å². The minimum absolute atomic E-state index is 0.0951. The summed E-state index contributed by atoms with van der Waals surface area (Å²) in [5, 5.41) is 7.96. The summed E-state index contributed by atoms with van der Waals surface area (Å²) in [6, 6.07) is 4.75. The zero-order chi connectivity index (χ0) is 37.2. The Morgan fingerprint density at radius 3 is 2.58 bits per heavy atom. The summed E-state index contributed by atoms with van der Waals surface area (Å²) in [5.41, 5.74) is 7.78. The molecule has 3 aromatic rings. The van der Waals surface area contributed by atoms with Gasteiger partial charge in [-0.15, -0.1) is 0 Å². The van der Waals surface area contributed by atoms with Crippen LogP contribution in [0.25, 0.3) is 11.1 Å². The van der Waals surface area contributed by atoms with E-state index in [0.717, 1.165) is 75.7 Å². The molecule has 2 aromatic heterocycles. The molecule has 0 bridgehead atoms. The summed E-state index contributed by atoms with van der Waals surface area (Å²) in [4.78, 5) is 34.2. The fourth-order valence-electron chi connectivity index (χ4n) is 7.44. The molecule has 2 saturated heterocycles. The Kier molecular flexibility index (Phi) is 11.6. The third-order valence-corrected chi connectivity index (χ3v) is 11.2. The van der Waals surface area contributed by atoms with Gasteiger partial charge in [0.15, 0.2) is 11.6 Å². The van der Waals surface area contributed by atoms with Crippen LogP contribution in [-0.4, -0.2) is 80.9 Å². The number of likely N-dealkylation sites (tertiary alicyclic amines) is 2. The molecule has 3 fully saturated rings. The van der Waals surface area contributed by atoms with Crippen molar-refractivity contribution in [2.75, 3.05) is 38.5 Å². The lowest BCUT2D eigenvalue weighted by atomic mass is 10.0. The van der Waals surface area contributed by atoms with Crippen molar-refractivity contribution in [3.8, 4) is 16.9 Å². The number of rotatable bonds is 12. The van der Waals surface area contributed by atoms with Gasteiger partial charge in [-0.1, -0.05) is 29.6 Å². The maximum Gasteiger partial charge on any atom is 0.407 e. The number of benzene rings is 1. The number of nitrogens with one attached hydrogen (secondary N) is 1. The SMILES string of the molecule is C[C@@H](Oc1cc(-c2cnn(C3CCN(C(=O)CCCCCN4C[C@H](NC(=O)OC(C)(C)C)C5(CC5)C4)CC3)c2)cnc1N)c1c(Cl)ccc(F)c1Cl. The Labute approximate surface area is 315 Å². The predicted octanol–water partition coefficient (Wildman–Crippen LogP) is 7.83. The molecule has 3 N–H and O–H groups in total. The number of nitrogen functional groups attached to an aromatic ring is 1. The number of carbonyl (C=O) groups excluding carboxylic acids is 2. The molecule has 2 amide bonds. The molecule has 1 aromatic carbocycles. The van der Waals surface area contributed by atoms with Crippen LogP contribution in [-0.2, 0) is 9.53 Å². The minimum Gasteiger partial charge on any atom is -0.482 e. The maximum absolute atomic E-state index is 14.1. The van der Waals surface area contributed by atoms with Crippen LogP contribution < -0.4 is 15.8 Å². The number of hydrogen-bond donors (Lipinski definition) is 2. The number of pyridine rings is 1. The van der Waals surface area contributed by atoms with Gasteiger partial charge >= 0.3 is 6.09 Å². The molecule has 1 spiro atoms. The Bertz CT molecular complexity index is 1750. The van der Waals surface area contributed by atoms with E-state index < -0.39 is 17.5 Å². The van der Waals surface area contributed by atoms with Crippen molar-refractivity contribution in [3.05, 3.63) is 58.2 Å². The zero-order valence-electron chi connectivity index (χ0n) is 30.5. The van der Waals surface area contributed by atoms with Crippen molar-refractivity contribution >= 4 is 41.0 Å². The molecular weight excluding hydrogens is 708 g/mol. The van der Waals surface area contributed by atoms with Crippen molar-refractivity contribution in [1.82, 2.24) is 29.9 Å². The summed E-state index contributed by atoms with van der Waals surface area (Å²) >= 11 is 12.5. The minimum atomic E-state index is -0.681. The highest BCUT2D eigenvalue weighted by Gasteiger charge is 2.55. The summed E-state index contributed by atoms with van der Waals surface area (Å²) < 4.78 is 27.6. The number of alkyl carbamates (subject to hydrolysis) is 1. The topological polar surface area (TPSA) is 128 Å². The number of nitrogens with zero attached hydrogens (tertiary/aromatic N) is 5. The molecule has 14 heteroatoms. The summed E-state index contributed by atoms with van der Waals surface area (Å²) in [6.45, 7) is 11.6. The fraction of sp³-hybridized carbons (Fsp3) is 0.579. The lowest BCUT2D eigenvalue weighted by Crippen LogP contribution is -2.44. The molecule has 2 aliphatic heterocycles. The molecule has 1 saturated carbocycles. The maximum atomic E-state index is 14.1. The zero-order valence-corrected chi connectivity index (χ0v) is 32.0. The first-order valence-corrected chi connectivity index (χ1v) is 19.1. The third kappa shape index (κ3) is 9.12. The predicted molar refractivity (Wildman–Crippen MR) is 200 cm³/mol. The molecule has 3 aliphatic rings. The van der Waals surface area contributed by atoms with Crippen LogP contribution in [0.2, 0.25) is 10.0 Å². The van der Waals surface area contributed by atoms with Crippen LogP contribution in [0, 0.1) is 11.2 Å². The van der Waals surface area contributed by atoms with Crippen molar-refractivity contribution < 1.29 is 23.5 Å². The number of piperidine rings is 1. The first-order valence-electron chi connectivity index (χ1n) is 18.3. The summed E-state index contributed by atoms with van der Waals surface area (Å²) in [5.74, 6) is 0.144. The number of anilines is 1. The molecule has 6 rings (SSSR count). The van der Waals surface area contributed by atoms with E-state index in [-0.39, 0.29) is 40.3 Å². The van der Waals surface area contributed by atoms with E-state index in [1.807, 2.05) is 36.5 Å². The Morgan fingerprint density at radius 2 is 1.87 bits per heavy atom. The van der Waals surface area contributed by atoms with Gasteiger partial charge in [0.25, 0.3) is 0 Å². The van der Waals surface area contributed by atoms with Gasteiger partial charge in [-0.3, -0.25) is 9.48 Å². The van der Waals surface area contributed by atoms with Gasteiger partial charge in [0.2, 0.25) is 5.91 Å². The molecule has 4 heterocycles. The van der Waals surface area contributed by atoms with Gasteiger partial charge in [0.05, 0.1) is 23.3 Å². The number of ether oxygens (including phenoxy) is 2. The smallest absolute Gasteiger partial charge is 0.407 e. The van der Waals surface area contributed by atoms with Crippen molar-refractivity contribution in [2.24, 2.45) is 5.41 Å². The fourth-order valence-corrected chi connectivity index (χ4v) is 8.12. The molecule has 11 nitrogen and oxygen atoms in total. The first-order chi connectivity index (χ1) is 24.7. The van der Waals surface area contributed by atoms with E-state index in [1.165, 1.54) is 12.1 Å². The van der Waals surface area contributed by atoms with E-state index in [9.17, 15) is 14.0 Å². The van der Waals surface area contributed by atoms with E-state index in [4.69, 9.17) is 38.4 Å². The van der Waals surface area contributed by atoms with Gasteiger partial charge < -0.3 is 30.3 Å². The second kappa shape index (κ2) is 15.8. The standard InChI is InChI=1S/C38H50Cl2FN7O4/c1-24(33-28(39)9-10-29(41)34(33)40)51-30-18-25(19-43-35(30)42)26-20-44-48(21-26)27-11-16-47(17-12-27)32(49)8-6-5-7-15-46-22-31(38(23-46)13-14-38)45-36(50)52-37(2,3)4/h9-10,18-21,24,27,31H,5-8,11-17,22-23H2,1-4H3,(H2,42,43)(H,45,50)/t24-,31+/m1/s1. The number of unbranched alkanes of at least 4 members (excludes halogenated alkanes) is 2. The van der Waals surface area contributed by atoms with Crippen molar-refractivity contribution in [2.45, 2.75) is 103 Å². The average Bonchev–Trinajstić information content (AvgIpc) is 3.55. The molecule has 2 atom stereocenters. The number of amides is 2. The van der Waals surface area contributed by atoms with Crippen LogP contribution in [0.15, 0.2) is 36.8 Å². The average molecular weight is 759 g/mol. The summed E-state index contributed by atoms with van der Waals surface area (Å²) in [6.07, 6.45) is 11.8. The lowest BCUT2D eigenvalue weighted by molar-refractivity contribution is -0.132. The third-order valence-electron chi connectivity index (χ3n) is 10.5. The molecule has 282 valence electrons. The second-order valence-corrected chi connectivity index (χ2v) is 16.3. The largest absolute Gasteiger partial charge is 0.482 e. The molecule has 1 aliphatic carbocycles. The Hall–Kier alpha value is -3.61. The Morgan fingerprint density at radius 1 is 1.12 bits per heavy atom.